The Morgan fingerprint density at radius 1 is 1.35 bits per heavy atom. The van der Waals surface area contributed by atoms with E-state index in [1.807, 2.05) is 0 Å². The van der Waals surface area contributed by atoms with E-state index in [9.17, 15) is 9.59 Å². The van der Waals surface area contributed by atoms with E-state index in [2.05, 4.69) is 21.2 Å². The molecule has 0 radical (unpaired) electrons. The van der Waals surface area contributed by atoms with Crippen LogP contribution in [0.1, 0.15) is 23.4 Å². The summed E-state index contributed by atoms with van der Waals surface area (Å²) in [4.78, 5) is 25.0. The van der Waals surface area contributed by atoms with Gasteiger partial charge in [-0.25, -0.2) is 0 Å². The van der Waals surface area contributed by atoms with Crippen LogP contribution in [0.2, 0.25) is 0 Å². The lowest BCUT2D eigenvalue weighted by Gasteiger charge is -2.14. The van der Waals surface area contributed by atoms with Crippen molar-refractivity contribution in [3.63, 3.8) is 0 Å². The molecule has 0 aromatic carbocycles. The zero-order valence-corrected chi connectivity index (χ0v) is 10.8. The maximum absolute atomic E-state index is 11.7. The summed E-state index contributed by atoms with van der Waals surface area (Å²) in [6.07, 6.45) is 2.09. The summed E-state index contributed by atoms with van der Waals surface area (Å²) < 4.78 is 5.58. The molecular formula is C11H13BrN2O3. The Kier molecular flexibility index (Phi) is 3.83. The highest BCUT2D eigenvalue weighted by Crippen LogP contribution is 2.13. The van der Waals surface area contributed by atoms with Crippen LogP contribution in [0.3, 0.4) is 0 Å². The minimum Gasteiger partial charge on any atom is -0.444 e. The van der Waals surface area contributed by atoms with Crippen LogP contribution in [-0.4, -0.2) is 36.3 Å². The molecule has 0 saturated carbocycles. The molecule has 1 aliphatic heterocycles. The van der Waals surface area contributed by atoms with Crippen molar-refractivity contribution in [1.82, 2.24) is 10.2 Å². The van der Waals surface area contributed by atoms with Crippen molar-refractivity contribution in [3.8, 4) is 0 Å². The van der Waals surface area contributed by atoms with Crippen LogP contribution >= 0.6 is 15.9 Å². The zero-order valence-electron chi connectivity index (χ0n) is 9.24. The van der Waals surface area contributed by atoms with Crippen LogP contribution in [0.4, 0.5) is 0 Å². The Hall–Kier alpha value is -1.30. The summed E-state index contributed by atoms with van der Waals surface area (Å²) in [5, 5.41) is 2.54. The van der Waals surface area contributed by atoms with Crippen molar-refractivity contribution in [2.45, 2.75) is 12.8 Å². The molecule has 2 amide bonds. The molecule has 0 bridgehead atoms. The standard InChI is InChI=1S/C11H13BrN2O3/c12-9-4-3-8(17-9)11(16)13-7-10(15)14-5-1-2-6-14/h3-4H,1-2,5-7H2,(H,13,16). The summed E-state index contributed by atoms with van der Waals surface area (Å²) in [5.74, 6) is -0.212. The number of carbonyl (C=O) groups excluding carboxylic acids is 2. The highest BCUT2D eigenvalue weighted by molar-refractivity contribution is 9.10. The lowest BCUT2D eigenvalue weighted by atomic mass is 10.4. The van der Waals surface area contributed by atoms with E-state index < -0.39 is 0 Å². The summed E-state index contributed by atoms with van der Waals surface area (Å²) in [5.41, 5.74) is 0. The van der Waals surface area contributed by atoms with E-state index in [0.717, 1.165) is 25.9 Å². The predicted octanol–water partition coefficient (Wildman–Crippen LogP) is 1.39. The minimum atomic E-state index is -0.372. The van der Waals surface area contributed by atoms with Crippen LogP contribution in [0.5, 0.6) is 0 Å². The Morgan fingerprint density at radius 3 is 2.65 bits per heavy atom. The number of likely N-dealkylation sites (tertiary alicyclic amines) is 1. The average molecular weight is 301 g/mol. The molecule has 1 saturated heterocycles. The van der Waals surface area contributed by atoms with E-state index in [4.69, 9.17) is 4.42 Å². The molecule has 1 aliphatic rings. The maximum Gasteiger partial charge on any atom is 0.287 e. The van der Waals surface area contributed by atoms with Crippen LogP contribution < -0.4 is 5.32 Å². The molecule has 5 nitrogen and oxygen atoms in total. The lowest BCUT2D eigenvalue weighted by Crippen LogP contribution is -2.38. The highest BCUT2D eigenvalue weighted by Gasteiger charge is 2.19. The van der Waals surface area contributed by atoms with Crippen LogP contribution in [0.15, 0.2) is 21.2 Å². The molecule has 1 fully saturated rings. The van der Waals surface area contributed by atoms with Gasteiger partial charge >= 0.3 is 0 Å². The third-order valence-electron chi connectivity index (χ3n) is 2.66. The van der Waals surface area contributed by atoms with Gasteiger partial charge < -0.3 is 14.6 Å². The molecule has 6 heteroatoms. The van der Waals surface area contributed by atoms with Gasteiger partial charge in [-0.1, -0.05) is 0 Å². The molecule has 1 aromatic heterocycles. The quantitative estimate of drug-likeness (QED) is 0.918. The van der Waals surface area contributed by atoms with Gasteiger partial charge in [-0.3, -0.25) is 9.59 Å². The summed E-state index contributed by atoms with van der Waals surface area (Å²) >= 11 is 3.11. The Labute approximate surface area is 107 Å². The molecule has 2 heterocycles. The molecule has 0 unspecified atom stereocenters. The number of carbonyl (C=O) groups is 2. The molecule has 0 atom stereocenters. The van der Waals surface area contributed by atoms with E-state index in [1.165, 1.54) is 0 Å². The topological polar surface area (TPSA) is 62.6 Å². The number of furan rings is 1. The van der Waals surface area contributed by atoms with Crippen molar-refractivity contribution in [1.29, 1.82) is 0 Å². The highest BCUT2D eigenvalue weighted by atomic mass is 79.9. The third kappa shape index (κ3) is 3.09. The van der Waals surface area contributed by atoms with E-state index in [-0.39, 0.29) is 24.1 Å². The molecular weight excluding hydrogens is 288 g/mol. The maximum atomic E-state index is 11.7. The van der Waals surface area contributed by atoms with Crippen molar-refractivity contribution < 1.29 is 14.0 Å². The molecule has 92 valence electrons. The number of rotatable bonds is 3. The third-order valence-corrected chi connectivity index (χ3v) is 3.08. The lowest BCUT2D eigenvalue weighted by molar-refractivity contribution is -0.129. The molecule has 17 heavy (non-hydrogen) atoms. The van der Waals surface area contributed by atoms with E-state index >= 15 is 0 Å². The molecule has 0 aliphatic carbocycles. The number of amides is 2. The fourth-order valence-electron chi connectivity index (χ4n) is 1.76. The normalized spacial score (nSPS) is 15.0. The van der Waals surface area contributed by atoms with Gasteiger partial charge in [0.2, 0.25) is 5.91 Å². The number of hydrogen-bond acceptors (Lipinski definition) is 3. The first kappa shape index (κ1) is 12.2. The smallest absolute Gasteiger partial charge is 0.287 e. The van der Waals surface area contributed by atoms with E-state index in [1.54, 1.807) is 17.0 Å². The molecule has 0 spiro atoms. The summed E-state index contributed by atoms with van der Waals surface area (Å²) in [6.45, 7) is 1.61. The van der Waals surface area contributed by atoms with Gasteiger partial charge in [0.15, 0.2) is 10.4 Å². The van der Waals surface area contributed by atoms with Crippen molar-refractivity contribution in [2.24, 2.45) is 0 Å². The van der Waals surface area contributed by atoms with Gasteiger partial charge in [0.25, 0.3) is 5.91 Å². The first-order chi connectivity index (χ1) is 8.16. The fourth-order valence-corrected chi connectivity index (χ4v) is 2.06. The van der Waals surface area contributed by atoms with Crippen molar-refractivity contribution in [3.05, 3.63) is 22.6 Å². The fraction of sp³-hybridized carbons (Fsp3) is 0.455. The number of nitrogens with zero attached hydrogens (tertiary/aromatic N) is 1. The average Bonchev–Trinajstić information content (AvgIpc) is 2.95. The van der Waals surface area contributed by atoms with Gasteiger partial charge in [-0.15, -0.1) is 0 Å². The van der Waals surface area contributed by atoms with Gasteiger partial charge in [0.05, 0.1) is 6.54 Å². The predicted molar refractivity (Wildman–Crippen MR) is 64.6 cm³/mol. The Balaban J connectivity index is 1.81. The molecule has 1 N–H and O–H groups in total. The van der Waals surface area contributed by atoms with Crippen molar-refractivity contribution in [2.75, 3.05) is 19.6 Å². The minimum absolute atomic E-state index is 0.0250. The second-order valence-electron chi connectivity index (χ2n) is 3.87. The number of hydrogen-bond donors (Lipinski definition) is 1. The molecule has 2 rings (SSSR count). The Bertz CT molecular complexity index is 424. The summed E-state index contributed by atoms with van der Waals surface area (Å²) in [6, 6.07) is 3.19. The molecule has 1 aromatic rings. The van der Waals surface area contributed by atoms with Gasteiger partial charge in [0.1, 0.15) is 0 Å². The van der Waals surface area contributed by atoms with Gasteiger partial charge in [-0.2, -0.15) is 0 Å². The second-order valence-corrected chi connectivity index (χ2v) is 4.66. The zero-order chi connectivity index (χ0) is 12.3. The first-order valence-electron chi connectivity index (χ1n) is 5.48. The van der Waals surface area contributed by atoms with Crippen LogP contribution in [0, 0.1) is 0 Å². The number of halogens is 1. The first-order valence-corrected chi connectivity index (χ1v) is 6.27. The van der Waals surface area contributed by atoms with Gasteiger partial charge in [0, 0.05) is 13.1 Å². The number of nitrogens with one attached hydrogen (secondary N) is 1. The Morgan fingerprint density at radius 2 is 2.06 bits per heavy atom. The SMILES string of the molecule is O=C(NCC(=O)N1CCCC1)c1ccc(Br)o1. The van der Waals surface area contributed by atoms with Gasteiger partial charge in [-0.05, 0) is 40.9 Å². The van der Waals surface area contributed by atoms with Crippen molar-refractivity contribution >= 4 is 27.7 Å². The monoisotopic (exact) mass is 300 g/mol. The van der Waals surface area contributed by atoms with Crippen LogP contribution in [0.25, 0.3) is 0 Å². The van der Waals surface area contributed by atoms with E-state index in [0.29, 0.717) is 4.67 Å². The summed E-state index contributed by atoms with van der Waals surface area (Å²) in [7, 11) is 0. The second kappa shape index (κ2) is 5.35. The largest absolute Gasteiger partial charge is 0.444 e. The van der Waals surface area contributed by atoms with Crippen LogP contribution in [-0.2, 0) is 4.79 Å².